The van der Waals surface area contributed by atoms with Gasteiger partial charge in [0.2, 0.25) is 0 Å². The predicted octanol–water partition coefficient (Wildman–Crippen LogP) is 6.52. The average Bonchev–Trinajstić information content (AvgIpc) is 3.20. The number of nitrogens with zero attached hydrogens (tertiary/aromatic N) is 2. The van der Waals surface area contributed by atoms with Gasteiger partial charge in [0.15, 0.2) is 0 Å². The van der Waals surface area contributed by atoms with Crippen LogP contribution in [0.5, 0.6) is 5.75 Å². The third-order valence-corrected chi connectivity index (χ3v) is 7.40. The standard InChI is InChI=1S/C26H25ClN2O2S/c27-19-12-14-20(15-13-19)31-17-7-6-16-29-24(18-8-2-1-3-9-18)28-25-23(26(29)30)21-10-4-5-11-22(21)32-25/h1-3,8-9,12-15H,4-7,10-11,16-17H2. The molecule has 164 valence electrons. The summed E-state index contributed by atoms with van der Waals surface area (Å²) in [6, 6.07) is 17.4. The highest BCUT2D eigenvalue weighted by molar-refractivity contribution is 7.18. The van der Waals surface area contributed by atoms with Crippen molar-refractivity contribution >= 4 is 33.2 Å². The van der Waals surface area contributed by atoms with Gasteiger partial charge < -0.3 is 4.74 Å². The number of aromatic nitrogens is 2. The number of aryl methyl sites for hydroxylation is 2. The average molecular weight is 465 g/mol. The van der Waals surface area contributed by atoms with Gasteiger partial charge in [-0.25, -0.2) is 4.98 Å². The van der Waals surface area contributed by atoms with Gasteiger partial charge in [0.05, 0.1) is 12.0 Å². The first-order chi connectivity index (χ1) is 15.7. The molecule has 32 heavy (non-hydrogen) atoms. The van der Waals surface area contributed by atoms with Gasteiger partial charge in [-0.2, -0.15) is 0 Å². The Morgan fingerprint density at radius 2 is 1.78 bits per heavy atom. The van der Waals surface area contributed by atoms with Crippen molar-refractivity contribution in [1.82, 2.24) is 9.55 Å². The van der Waals surface area contributed by atoms with Crippen molar-refractivity contribution in [3.05, 3.63) is 80.4 Å². The summed E-state index contributed by atoms with van der Waals surface area (Å²) < 4.78 is 7.69. The van der Waals surface area contributed by atoms with Crippen LogP contribution in [0.15, 0.2) is 59.4 Å². The van der Waals surface area contributed by atoms with Gasteiger partial charge in [0.1, 0.15) is 16.4 Å². The maximum atomic E-state index is 13.7. The van der Waals surface area contributed by atoms with Gasteiger partial charge in [-0.15, -0.1) is 11.3 Å². The zero-order chi connectivity index (χ0) is 21.9. The molecule has 4 aromatic rings. The molecule has 0 unspecified atom stereocenters. The molecule has 1 aliphatic carbocycles. The molecule has 5 rings (SSSR count). The van der Waals surface area contributed by atoms with Crippen molar-refractivity contribution < 1.29 is 4.74 Å². The van der Waals surface area contributed by atoms with Crippen LogP contribution in [0.4, 0.5) is 0 Å². The lowest BCUT2D eigenvalue weighted by Gasteiger charge is -2.14. The van der Waals surface area contributed by atoms with E-state index in [1.807, 2.05) is 59.2 Å². The molecule has 0 saturated carbocycles. The molecular formula is C26H25ClN2O2S. The minimum absolute atomic E-state index is 0.104. The number of hydrogen-bond donors (Lipinski definition) is 0. The second-order valence-electron chi connectivity index (χ2n) is 8.16. The molecule has 2 heterocycles. The monoisotopic (exact) mass is 464 g/mol. The lowest BCUT2D eigenvalue weighted by molar-refractivity contribution is 0.303. The summed E-state index contributed by atoms with van der Waals surface area (Å²) in [5.74, 6) is 1.57. The molecule has 2 aromatic heterocycles. The molecule has 0 saturated heterocycles. The zero-order valence-electron chi connectivity index (χ0n) is 17.9. The van der Waals surface area contributed by atoms with Crippen LogP contribution in [0.3, 0.4) is 0 Å². The number of rotatable bonds is 7. The number of ether oxygens (including phenoxy) is 1. The molecule has 0 atom stereocenters. The van der Waals surface area contributed by atoms with Crippen LogP contribution in [-0.4, -0.2) is 16.2 Å². The lowest BCUT2D eigenvalue weighted by Crippen LogP contribution is -2.24. The molecule has 6 heteroatoms. The highest BCUT2D eigenvalue weighted by Crippen LogP contribution is 2.34. The SMILES string of the molecule is O=c1c2c3c(sc2nc(-c2ccccc2)n1CCCCOc1ccc(Cl)cc1)CCCC3. The Morgan fingerprint density at radius 3 is 2.59 bits per heavy atom. The summed E-state index contributed by atoms with van der Waals surface area (Å²) in [7, 11) is 0. The fourth-order valence-electron chi connectivity index (χ4n) is 4.35. The van der Waals surface area contributed by atoms with Gasteiger partial charge >= 0.3 is 0 Å². The van der Waals surface area contributed by atoms with Crippen LogP contribution in [-0.2, 0) is 19.4 Å². The van der Waals surface area contributed by atoms with Gasteiger partial charge in [0.25, 0.3) is 5.56 Å². The van der Waals surface area contributed by atoms with E-state index in [4.69, 9.17) is 21.3 Å². The highest BCUT2D eigenvalue weighted by Gasteiger charge is 2.22. The molecule has 0 N–H and O–H groups in total. The van der Waals surface area contributed by atoms with Crippen LogP contribution in [0.25, 0.3) is 21.6 Å². The summed E-state index contributed by atoms with van der Waals surface area (Å²) >= 11 is 7.64. The summed E-state index contributed by atoms with van der Waals surface area (Å²) in [6.45, 7) is 1.22. The second-order valence-corrected chi connectivity index (χ2v) is 9.68. The van der Waals surface area contributed by atoms with Gasteiger partial charge in [-0.1, -0.05) is 41.9 Å². The van der Waals surface area contributed by atoms with Gasteiger partial charge in [-0.05, 0) is 68.4 Å². The van der Waals surface area contributed by atoms with Crippen LogP contribution >= 0.6 is 22.9 Å². The van der Waals surface area contributed by atoms with Crippen LogP contribution in [0.2, 0.25) is 5.02 Å². The molecule has 4 nitrogen and oxygen atoms in total. The first-order valence-electron chi connectivity index (χ1n) is 11.2. The van der Waals surface area contributed by atoms with E-state index in [0.717, 1.165) is 59.5 Å². The summed E-state index contributed by atoms with van der Waals surface area (Å²) in [5, 5.41) is 1.55. The highest BCUT2D eigenvalue weighted by atomic mass is 35.5. The summed E-state index contributed by atoms with van der Waals surface area (Å²) in [6.07, 6.45) is 6.11. The van der Waals surface area contributed by atoms with E-state index < -0.39 is 0 Å². The predicted molar refractivity (Wildman–Crippen MR) is 132 cm³/mol. The largest absolute Gasteiger partial charge is 0.494 e. The molecule has 0 bridgehead atoms. The van der Waals surface area contributed by atoms with E-state index >= 15 is 0 Å². The summed E-state index contributed by atoms with van der Waals surface area (Å²) in [4.78, 5) is 20.9. The number of fused-ring (bicyclic) bond motifs is 3. The van der Waals surface area contributed by atoms with Crippen molar-refractivity contribution in [2.75, 3.05) is 6.61 Å². The molecule has 0 fully saturated rings. The summed E-state index contributed by atoms with van der Waals surface area (Å²) in [5.41, 5.74) is 2.33. The van der Waals surface area contributed by atoms with E-state index in [9.17, 15) is 4.79 Å². The van der Waals surface area contributed by atoms with Crippen molar-refractivity contribution in [2.24, 2.45) is 0 Å². The zero-order valence-corrected chi connectivity index (χ0v) is 19.4. The fourth-order valence-corrected chi connectivity index (χ4v) is 5.72. The van der Waals surface area contributed by atoms with Gasteiger partial charge in [0, 0.05) is 22.0 Å². The molecule has 0 amide bonds. The smallest absolute Gasteiger partial charge is 0.262 e. The van der Waals surface area contributed by atoms with E-state index in [1.54, 1.807) is 11.3 Å². The van der Waals surface area contributed by atoms with E-state index in [1.165, 1.54) is 16.9 Å². The minimum Gasteiger partial charge on any atom is -0.494 e. The van der Waals surface area contributed by atoms with Crippen molar-refractivity contribution in [3.8, 4) is 17.1 Å². The number of benzene rings is 2. The normalized spacial score (nSPS) is 13.3. The van der Waals surface area contributed by atoms with Crippen molar-refractivity contribution in [1.29, 1.82) is 0 Å². The Kier molecular flexibility index (Phi) is 6.28. The second kappa shape index (κ2) is 9.47. The third kappa shape index (κ3) is 4.32. The maximum absolute atomic E-state index is 13.7. The van der Waals surface area contributed by atoms with Crippen molar-refractivity contribution in [2.45, 2.75) is 45.1 Å². The molecule has 2 aromatic carbocycles. The number of unbranched alkanes of at least 4 members (excludes halogenated alkanes) is 1. The number of thiophene rings is 1. The van der Waals surface area contributed by atoms with E-state index in [0.29, 0.717) is 18.2 Å². The Labute approximate surface area is 196 Å². The topological polar surface area (TPSA) is 44.1 Å². The molecule has 0 radical (unpaired) electrons. The third-order valence-electron chi connectivity index (χ3n) is 5.97. The lowest BCUT2D eigenvalue weighted by atomic mass is 9.97. The Balaban J connectivity index is 1.40. The van der Waals surface area contributed by atoms with Crippen LogP contribution in [0, 0.1) is 0 Å². The Bertz CT molecular complexity index is 1280. The van der Waals surface area contributed by atoms with Crippen LogP contribution < -0.4 is 10.3 Å². The van der Waals surface area contributed by atoms with E-state index in [-0.39, 0.29) is 5.56 Å². The quantitative estimate of drug-likeness (QED) is 0.292. The maximum Gasteiger partial charge on any atom is 0.262 e. The van der Waals surface area contributed by atoms with E-state index in [2.05, 4.69) is 0 Å². The molecular weight excluding hydrogens is 440 g/mol. The minimum atomic E-state index is 0.104. The number of halogens is 1. The Morgan fingerprint density at radius 1 is 1.00 bits per heavy atom. The first-order valence-corrected chi connectivity index (χ1v) is 12.4. The Hall–Kier alpha value is -2.63. The van der Waals surface area contributed by atoms with Gasteiger partial charge in [-0.3, -0.25) is 9.36 Å². The van der Waals surface area contributed by atoms with Crippen molar-refractivity contribution in [3.63, 3.8) is 0 Å². The molecule has 0 spiro atoms. The molecule has 1 aliphatic rings. The van der Waals surface area contributed by atoms with Crippen LogP contribution in [0.1, 0.15) is 36.1 Å². The number of hydrogen-bond acceptors (Lipinski definition) is 4. The molecule has 0 aliphatic heterocycles. The fraction of sp³-hybridized carbons (Fsp3) is 0.308. The first kappa shape index (κ1) is 21.2.